The lowest BCUT2D eigenvalue weighted by Gasteiger charge is -2.24. The summed E-state index contributed by atoms with van der Waals surface area (Å²) < 4.78 is 5.53. The fourth-order valence-electron chi connectivity index (χ4n) is 2.18. The van der Waals surface area contributed by atoms with E-state index in [9.17, 15) is 0 Å². The van der Waals surface area contributed by atoms with E-state index in [2.05, 4.69) is 36.9 Å². The van der Waals surface area contributed by atoms with Crippen molar-refractivity contribution in [3.63, 3.8) is 0 Å². The molecule has 1 heterocycles. The first-order valence-corrected chi connectivity index (χ1v) is 5.74. The Morgan fingerprint density at radius 3 is 2.87 bits per heavy atom. The van der Waals surface area contributed by atoms with Gasteiger partial charge in [-0.3, -0.25) is 0 Å². The largest absolute Gasteiger partial charge is 0.494 e. The summed E-state index contributed by atoms with van der Waals surface area (Å²) in [6.45, 7) is 8.38. The Bertz CT molecular complexity index is 346. The Kier molecular flexibility index (Phi) is 2.85. The van der Waals surface area contributed by atoms with E-state index < -0.39 is 0 Å². The third kappa shape index (κ3) is 1.94. The van der Waals surface area contributed by atoms with Crippen molar-refractivity contribution in [1.82, 2.24) is 0 Å². The van der Waals surface area contributed by atoms with Crippen LogP contribution in [0.25, 0.3) is 0 Å². The molecule has 2 nitrogen and oxygen atoms in total. The van der Waals surface area contributed by atoms with Crippen molar-refractivity contribution in [1.29, 1.82) is 0 Å². The van der Waals surface area contributed by atoms with Gasteiger partial charge < -0.3 is 9.64 Å². The molecule has 0 N–H and O–H groups in total. The minimum absolute atomic E-state index is 0.572. The third-order valence-electron chi connectivity index (χ3n) is 2.92. The molecular formula is C13H19NO. The number of rotatable bonds is 3. The van der Waals surface area contributed by atoms with Gasteiger partial charge in [-0.15, -0.1) is 0 Å². The van der Waals surface area contributed by atoms with E-state index in [1.807, 2.05) is 6.92 Å². The number of hydrogen-bond donors (Lipinski definition) is 0. The molecule has 1 aliphatic rings. The molecule has 0 unspecified atom stereocenters. The van der Waals surface area contributed by atoms with Crippen LogP contribution in [0.4, 0.5) is 5.69 Å². The highest BCUT2D eigenvalue weighted by molar-refractivity contribution is 5.61. The second kappa shape index (κ2) is 4.13. The molecule has 0 atom stereocenters. The van der Waals surface area contributed by atoms with Crippen molar-refractivity contribution in [2.75, 3.05) is 18.1 Å². The van der Waals surface area contributed by atoms with Crippen LogP contribution in [-0.4, -0.2) is 19.2 Å². The van der Waals surface area contributed by atoms with Crippen LogP contribution in [0.2, 0.25) is 0 Å². The van der Waals surface area contributed by atoms with Gasteiger partial charge in [0.2, 0.25) is 0 Å². The van der Waals surface area contributed by atoms with Crippen LogP contribution in [0.15, 0.2) is 18.2 Å². The normalized spacial score (nSPS) is 14.5. The molecule has 0 fully saturated rings. The van der Waals surface area contributed by atoms with Crippen LogP contribution < -0.4 is 9.64 Å². The first kappa shape index (κ1) is 10.3. The summed E-state index contributed by atoms with van der Waals surface area (Å²) in [5, 5.41) is 0. The number of benzene rings is 1. The summed E-state index contributed by atoms with van der Waals surface area (Å²) in [5.74, 6) is 0.990. The highest BCUT2D eigenvalue weighted by Crippen LogP contribution is 2.32. The van der Waals surface area contributed by atoms with E-state index >= 15 is 0 Å². The summed E-state index contributed by atoms with van der Waals surface area (Å²) in [7, 11) is 0. The maximum atomic E-state index is 5.53. The fourth-order valence-corrected chi connectivity index (χ4v) is 2.18. The second-order valence-electron chi connectivity index (χ2n) is 4.26. The third-order valence-corrected chi connectivity index (χ3v) is 2.92. The average molecular weight is 205 g/mol. The van der Waals surface area contributed by atoms with E-state index in [0.29, 0.717) is 6.04 Å². The van der Waals surface area contributed by atoms with Crippen LogP contribution in [0.5, 0.6) is 5.75 Å². The minimum atomic E-state index is 0.572. The molecular weight excluding hydrogens is 186 g/mol. The maximum absolute atomic E-state index is 5.53. The Balaban J connectivity index is 2.29. The van der Waals surface area contributed by atoms with Gasteiger partial charge in [0.15, 0.2) is 0 Å². The van der Waals surface area contributed by atoms with Gasteiger partial charge in [0.25, 0.3) is 0 Å². The summed E-state index contributed by atoms with van der Waals surface area (Å²) in [6.07, 6.45) is 1.17. The molecule has 0 saturated carbocycles. The molecule has 0 saturated heterocycles. The van der Waals surface area contributed by atoms with E-state index in [-0.39, 0.29) is 0 Å². The predicted molar refractivity (Wildman–Crippen MR) is 63.8 cm³/mol. The number of anilines is 1. The fraction of sp³-hybridized carbons (Fsp3) is 0.538. The topological polar surface area (TPSA) is 12.5 Å². The van der Waals surface area contributed by atoms with Crippen molar-refractivity contribution < 1.29 is 4.74 Å². The number of ether oxygens (including phenoxy) is 1. The molecule has 0 radical (unpaired) electrons. The van der Waals surface area contributed by atoms with E-state index in [1.54, 1.807) is 0 Å². The highest BCUT2D eigenvalue weighted by atomic mass is 16.5. The van der Waals surface area contributed by atoms with Gasteiger partial charge in [-0.1, -0.05) is 6.07 Å². The molecule has 0 spiro atoms. The smallest absolute Gasteiger partial charge is 0.121 e. The van der Waals surface area contributed by atoms with Crippen molar-refractivity contribution in [2.24, 2.45) is 0 Å². The lowest BCUT2D eigenvalue weighted by atomic mass is 10.1. The van der Waals surface area contributed by atoms with Gasteiger partial charge in [-0.05, 0) is 38.8 Å². The molecule has 82 valence electrons. The van der Waals surface area contributed by atoms with Crippen LogP contribution in [0.3, 0.4) is 0 Å². The van der Waals surface area contributed by atoms with E-state index in [0.717, 1.165) is 18.9 Å². The highest BCUT2D eigenvalue weighted by Gasteiger charge is 2.21. The lowest BCUT2D eigenvalue weighted by Crippen LogP contribution is -2.28. The molecule has 1 aliphatic heterocycles. The van der Waals surface area contributed by atoms with Gasteiger partial charge in [-0.2, -0.15) is 0 Å². The van der Waals surface area contributed by atoms with E-state index in [1.165, 1.54) is 17.7 Å². The lowest BCUT2D eigenvalue weighted by molar-refractivity contribution is 0.340. The molecule has 0 bridgehead atoms. The zero-order valence-corrected chi connectivity index (χ0v) is 9.79. The molecule has 2 rings (SSSR count). The first-order valence-electron chi connectivity index (χ1n) is 5.74. The first-order chi connectivity index (χ1) is 7.22. The molecule has 0 aromatic heterocycles. The van der Waals surface area contributed by atoms with Crippen LogP contribution >= 0.6 is 0 Å². The van der Waals surface area contributed by atoms with Crippen molar-refractivity contribution in [3.8, 4) is 5.75 Å². The van der Waals surface area contributed by atoms with Crippen molar-refractivity contribution in [2.45, 2.75) is 33.2 Å². The van der Waals surface area contributed by atoms with Crippen LogP contribution in [-0.2, 0) is 6.42 Å². The summed E-state index contributed by atoms with van der Waals surface area (Å²) >= 11 is 0. The summed E-state index contributed by atoms with van der Waals surface area (Å²) in [5.41, 5.74) is 2.81. The van der Waals surface area contributed by atoms with E-state index in [4.69, 9.17) is 4.74 Å². The quantitative estimate of drug-likeness (QED) is 0.752. The van der Waals surface area contributed by atoms with Crippen LogP contribution in [0.1, 0.15) is 26.3 Å². The van der Waals surface area contributed by atoms with Gasteiger partial charge in [0, 0.05) is 24.3 Å². The number of nitrogens with zero attached hydrogens (tertiary/aromatic N) is 1. The SMILES string of the molecule is CCOc1ccc2c(c1)N(C(C)C)CC2. The maximum Gasteiger partial charge on any atom is 0.121 e. The monoisotopic (exact) mass is 205 g/mol. The zero-order valence-electron chi connectivity index (χ0n) is 9.79. The van der Waals surface area contributed by atoms with Crippen LogP contribution in [0, 0.1) is 0 Å². The second-order valence-corrected chi connectivity index (χ2v) is 4.26. The van der Waals surface area contributed by atoms with Crippen molar-refractivity contribution in [3.05, 3.63) is 23.8 Å². The number of fused-ring (bicyclic) bond motifs is 1. The predicted octanol–water partition coefficient (Wildman–Crippen LogP) is 2.86. The molecule has 0 aliphatic carbocycles. The molecule has 15 heavy (non-hydrogen) atoms. The Hall–Kier alpha value is -1.18. The van der Waals surface area contributed by atoms with Gasteiger partial charge >= 0.3 is 0 Å². The summed E-state index contributed by atoms with van der Waals surface area (Å²) in [4.78, 5) is 2.44. The summed E-state index contributed by atoms with van der Waals surface area (Å²) in [6, 6.07) is 7.02. The van der Waals surface area contributed by atoms with Gasteiger partial charge in [0.1, 0.15) is 5.75 Å². The minimum Gasteiger partial charge on any atom is -0.494 e. The standard InChI is InChI=1S/C13H19NO/c1-4-15-12-6-5-11-7-8-14(10(2)3)13(11)9-12/h5-6,9-10H,4,7-8H2,1-3H3. The molecule has 1 aromatic rings. The Labute approximate surface area is 91.9 Å². The number of hydrogen-bond acceptors (Lipinski definition) is 2. The molecule has 1 aromatic carbocycles. The van der Waals surface area contributed by atoms with Crippen molar-refractivity contribution >= 4 is 5.69 Å². The Morgan fingerprint density at radius 2 is 2.20 bits per heavy atom. The Morgan fingerprint density at radius 1 is 1.40 bits per heavy atom. The van der Waals surface area contributed by atoms with Gasteiger partial charge in [-0.25, -0.2) is 0 Å². The average Bonchev–Trinajstić information content (AvgIpc) is 2.61. The van der Waals surface area contributed by atoms with Gasteiger partial charge in [0.05, 0.1) is 6.61 Å². The molecule has 0 amide bonds. The molecule has 2 heteroatoms. The zero-order chi connectivity index (χ0) is 10.8.